The standard InChI is InChI=1S/C6H8O6.H4N2.H3NO.2Na.H2O3S/c7-1-2(8)5-3(9)4(10)6(11)12-5;2*1-2;;;1-4(2)3/h2,5,7-10H,1H2;1-2H2;2H,1H2;;;(H2,1,2,3)/q;;;2*+1;/p-2/t2?,5-;;;;;/m1...../s1. The maximum absolute atomic E-state index is 10.6. The van der Waals surface area contributed by atoms with Gasteiger partial charge >= 0.3 is 65.1 Å². The first-order valence-electron chi connectivity index (χ1n) is 4.28. The summed E-state index contributed by atoms with van der Waals surface area (Å²) in [5, 5.41) is 43.3. The molecule has 1 aliphatic rings. The Morgan fingerprint density at radius 2 is 1.64 bits per heavy atom. The fourth-order valence-corrected chi connectivity index (χ4v) is 0.815. The van der Waals surface area contributed by atoms with Gasteiger partial charge in [-0.15, -0.1) is 0 Å². The van der Waals surface area contributed by atoms with Gasteiger partial charge < -0.3 is 39.5 Å². The van der Waals surface area contributed by atoms with Crippen LogP contribution in [0, 0.1) is 0 Å². The fraction of sp³-hybridized carbons (Fsp3) is 0.500. The number of hydrogen-bond donors (Lipinski definition) is 8. The second-order valence-electron chi connectivity index (χ2n) is 2.51. The molecular formula is C6H15N3Na2O10S. The molecule has 0 aromatic carbocycles. The Kier molecular flexibility index (Phi) is 33.5. The minimum absolute atomic E-state index is 0. The van der Waals surface area contributed by atoms with Gasteiger partial charge in [-0.2, -0.15) is 0 Å². The molecule has 0 aliphatic carbocycles. The maximum atomic E-state index is 10.6. The molecule has 0 saturated carbocycles. The van der Waals surface area contributed by atoms with E-state index in [0.717, 1.165) is 0 Å². The number of carbonyl (C=O) groups excluding carboxylic acids is 1. The molecule has 0 saturated heterocycles. The summed E-state index contributed by atoms with van der Waals surface area (Å²) < 4.78 is 28.3. The van der Waals surface area contributed by atoms with Crippen molar-refractivity contribution in [1.29, 1.82) is 0 Å². The summed E-state index contributed by atoms with van der Waals surface area (Å²) in [6.45, 7) is -0.699. The molecule has 1 rings (SSSR count). The van der Waals surface area contributed by atoms with E-state index >= 15 is 0 Å². The van der Waals surface area contributed by atoms with Crippen LogP contribution in [-0.2, 0) is 20.9 Å². The minimum atomic E-state index is -2.86. The van der Waals surface area contributed by atoms with E-state index in [2.05, 4.69) is 22.3 Å². The second kappa shape index (κ2) is 21.6. The zero-order chi connectivity index (χ0) is 16.9. The molecular weight excluding hydrogens is 352 g/mol. The zero-order valence-corrected chi connectivity index (χ0v) is 16.6. The van der Waals surface area contributed by atoms with Crippen LogP contribution in [0.5, 0.6) is 0 Å². The zero-order valence-electron chi connectivity index (χ0n) is 11.8. The number of esters is 1. The summed E-state index contributed by atoms with van der Waals surface area (Å²) in [6, 6.07) is 0. The number of hydrogen-bond acceptors (Lipinski definition) is 12. The van der Waals surface area contributed by atoms with Crippen molar-refractivity contribution in [3.8, 4) is 0 Å². The molecule has 0 aromatic heterocycles. The average molecular weight is 367 g/mol. The van der Waals surface area contributed by atoms with E-state index in [9.17, 15) is 9.90 Å². The Morgan fingerprint density at radius 3 is 1.82 bits per heavy atom. The van der Waals surface area contributed by atoms with Crippen LogP contribution < -0.4 is 81.8 Å². The first-order chi connectivity index (χ1) is 9.31. The van der Waals surface area contributed by atoms with Gasteiger partial charge in [0.2, 0.25) is 0 Å². The Labute approximate surface area is 171 Å². The van der Waals surface area contributed by atoms with E-state index < -0.39 is 47.7 Å². The Hall–Kier alpha value is 0.640. The van der Waals surface area contributed by atoms with Crippen molar-refractivity contribution in [3.05, 3.63) is 11.5 Å². The Balaban J connectivity index is -0.0000000831. The number of aliphatic hydroxyl groups is 3. The molecule has 1 aliphatic heterocycles. The van der Waals surface area contributed by atoms with Crippen LogP contribution in [0.4, 0.5) is 0 Å². The summed E-state index contributed by atoms with van der Waals surface area (Å²) in [7, 11) is 0. The molecule has 16 heteroatoms. The van der Waals surface area contributed by atoms with Crippen molar-refractivity contribution in [2.45, 2.75) is 12.2 Å². The van der Waals surface area contributed by atoms with Gasteiger partial charge in [-0.25, -0.2) is 14.9 Å². The number of carbonyl (C=O) groups is 1. The molecule has 1 heterocycles. The van der Waals surface area contributed by atoms with E-state index in [1.165, 1.54) is 0 Å². The van der Waals surface area contributed by atoms with E-state index in [4.69, 9.17) is 33.8 Å². The summed E-state index contributed by atoms with van der Waals surface area (Å²) in [6.07, 6.45) is -2.88. The number of nitrogens with two attached hydrogens (primary N) is 3. The van der Waals surface area contributed by atoms with Gasteiger partial charge in [0.25, 0.3) is 0 Å². The number of hydrazine groups is 1. The van der Waals surface area contributed by atoms with Crippen LogP contribution in [0.25, 0.3) is 0 Å². The number of ether oxygens (including phenoxy) is 1. The second-order valence-corrected chi connectivity index (χ2v) is 2.94. The molecule has 0 amide bonds. The van der Waals surface area contributed by atoms with Crippen molar-refractivity contribution in [1.82, 2.24) is 0 Å². The number of rotatable bonds is 2. The normalized spacial score (nSPS) is 17.5. The molecule has 0 bridgehead atoms. The van der Waals surface area contributed by atoms with E-state index in [0.29, 0.717) is 0 Å². The molecule has 0 spiro atoms. The molecule has 0 aromatic rings. The number of cyclic esters (lactones) is 1. The largest absolute Gasteiger partial charge is 1.00 e. The van der Waals surface area contributed by atoms with Crippen LogP contribution in [0.1, 0.15) is 0 Å². The first kappa shape index (κ1) is 34.1. The monoisotopic (exact) mass is 367 g/mol. The predicted octanol–water partition coefficient (Wildman–Crippen LogP) is -11.1. The summed E-state index contributed by atoms with van der Waals surface area (Å²) in [4.78, 5) is 10.5. The molecule has 0 radical (unpaired) electrons. The van der Waals surface area contributed by atoms with Crippen molar-refractivity contribution < 1.29 is 108 Å². The average Bonchev–Trinajstić information content (AvgIpc) is 2.69. The van der Waals surface area contributed by atoms with Gasteiger partial charge in [-0.3, -0.25) is 11.7 Å². The quantitative estimate of drug-likeness (QED) is 0.0741. The van der Waals surface area contributed by atoms with Crippen molar-refractivity contribution >= 4 is 17.3 Å². The van der Waals surface area contributed by atoms with Gasteiger partial charge in [0, 0.05) is 5.76 Å². The van der Waals surface area contributed by atoms with Crippen LogP contribution >= 0.6 is 0 Å². The Bertz CT molecular complexity index is 330. The van der Waals surface area contributed by atoms with Crippen LogP contribution in [0.3, 0.4) is 0 Å². The summed E-state index contributed by atoms with van der Waals surface area (Å²) >= 11 is -2.86. The molecule has 11 N–H and O–H groups in total. The van der Waals surface area contributed by atoms with E-state index in [-0.39, 0.29) is 59.1 Å². The Morgan fingerprint density at radius 1 is 1.32 bits per heavy atom. The van der Waals surface area contributed by atoms with Crippen molar-refractivity contribution in [2.75, 3.05) is 6.61 Å². The number of aliphatic hydroxyl groups excluding tert-OH is 3. The van der Waals surface area contributed by atoms with Crippen molar-refractivity contribution in [2.24, 2.45) is 17.6 Å². The van der Waals surface area contributed by atoms with Crippen LogP contribution in [0.2, 0.25) is 0 Å². The summed E-state index contributed by atoms with van der Waals surface area (Å²) in [5.74, 6) is 8.25. The third kappa shape index (κ3) is 15.5. The molecule has 122 valence electrons. The fourth-order valence-electron chi connectivity index (χ4n) is 0.815. The molecule has 0 fully saturated rings. The smallest absolute Gasteiger partial charge is 0.865 e. The maximum Gasteiger partial charge on any atom is 1.00 e. The van der Waals surface area contributed by atoms with E-state index in [1.54, 1.807) is 0 Å². The van der Waals surface area contributed by atoms with Gasteiger partial charge in [0.05, 0.1) is 18.0 Å². The van der Waals surface area contributed by atoms with Crippen molar-refractivity contribution in [3.63, 3.8) is 0 Å². The van der Waals surface area contributed by atoms with Crippen LogP contribution in [-0.4, -0.2) is 58.6 Å². The van der Waals surface area contributed by atoms with Crippen LogP contribution in [0.15, 0.2) is 11.5 Å². The van der Waals surface area contributed by atoms with Gasteiger partial charge in [0.15, 0.2) is 6.10 Å². The molecule has 22 heavy (non-hydrogen) atoms. The van der Waals surface area contributed by atoms with Gasteiger partial charge in [-0.1, -0.05) is 0 Å². The summed E-state index contributed by atoms with van der Waals surface area (Å²) in [5.41, 5.74) is 0. The molecule has 2 unspecified atom stereocenters. The minimum Gasteiger partial charge on any atom is -0.865 e. The SMILES string of the molecule is NN.NO.O=C1O[C@H](C(O)CO)C(O)=C1[O-].O=S([O-])O.[Na+].[Na+]. The molecule has 13 nitrogen and oxygen atoms in total. The third-order valence-corrected chi connectivity index (χ3v) is 1.46. The van der Waals surface area contributed by atoms with Gasteiger partial charge in [-0.05, 0) is 0 Å². The topological polar surface area (TPSA) is 269 Å². The first-order valence-corrected chi connectivity index (χ1v) is 5.32. The predicted molar refractivity (Wildman–Crippen MR) is 58.5 cm³/mol. The molecule has 3 atom stereocenters. The van der Waals surface area contributed by atoms with Gasteiger partial charge in [0.1, 0.15) is 11.9 Å². The third-order valence-electron chi connectivity index (χ3n) is 1.46. The van der Waals surface area contributed by atoms with E-state index in [1.807, 2.05) is 0 Å².